The van der Waals surface area contributed by atoms with E-state index in [4.69, 9.17) is 16.2 Å². The summed E-state index contributed by atoms with van der Waals surface area (Å²) in [5, 5.41) is 13.9. The van der Waals surface area contributed by atoms with E-state index < -0.39 is 47.0 Å². The Morgan fingerprint density at radius 2 is 1.69 bits per heavy atom. The van der Waals surface area contributed by atoms with Crippen LogP contribution in [0.3, 0.4) is 0 Å². The summed E-state index contributed by atoms with van der Waals surface area (Å²) in [4.78, 5) is 47.0. The Kier molecular flexibility index (Phi) is 8.52. The average molecular weight is 374 g/mol. The number of urea groups is 1. The van der Waals surface area contributed by atoms with E-state index in [0.717, 1.165) is 0 Å². The van der Waals surface area contributed by atoms with Crippen LogP contribution in [-0.4, -0.2) is 52.7 Å². The Balaban J connectivity index is 5.17. The van der Waals surface area contributed by atoms with Crippen LogP contribution in [0.25, 0.3) is 0 Å². The van der Waals surface area contributed by atoms with E-state index in [1.807, 2.05) is 0 Å². The number of hydrogen-bond acceptors (Lipinski definition) is 6. The number of amides is 3. The smallest absolute Gasteiger partial charge is 0.336 e. The van der Waals surface area contributed by atoms with Crippen molar-refractivity contribution in [2.75, 3.05) is 6.54 Å². The third-order valence-electron chi connectivity index (χ3n) is 3.60. The van der Waals surface area contributed by atoms with Crippen LogP contribution in [0.15, 0.2) is 0 Å². The summed E-state index contributed by atoms with van der Waals surface area (Å²) in [6, 6.07) is -2.01. The highest BCUT2D eigenvalue weighted by molar-refractivity contribution is 6.08. The fraction of sp³-hybridized carbons (Fsp3) is 0.750. The van der Waals surface area contributed by atoms with Gasteiger partial charge in [-0.2, -0.15) is 0 Å². The number of aliphatic carboxylic acids is 1. The van der Waals surface area contributed by atoms with Crippen LogP contribution < -0.4 is 22.1 Å². The standard InChI is InChI=1S/C16H30N4O6/c1-9(2)16(18,13(24)26-15(3,4)5)12(23)20-10(11(21)22)7-6-8-19-14(17)25/h9-10H,6-8,18H2,1-5H3,(H,20,23)(H,21,22)(H3,17,19,25). The normalized spacial score (nSPS) is 14.9. The molecule has 2 atom stereocenters. The van der Waals surface area contributed by atoms with Gasteiger partial charge in [-0.1, -0.05) is 13.8 Å². The highest BCUT2D eigenvalue weighted by Gasteiger charge is 2.48. The van der Waals surface area contributed by atoms with Gasteiger partial charge in [0.25, 0.3) is 5.91 Å². The van der Waals surface area contributed by atoms with E-state index in [2.05, 4.69) is 10.6 Å². The number of carbonyl (C=O) groups excluding carboxylic acids is 3. The van der Waals surface area contributed by atoms with Gasteiger partial charge in [-0.15, -0.1) is 0 Å². The molecule has 0 spiro atoms. The first-order valence-corrected chi connectivity index (χ1v) is 8.31. The molecule has 0 aromatic heterocycles. The van der Waals surface area contributed by atoms with Crippen molar-refractivity contribution >= 4 is 23.9 Å². The van der Waals surface area contributed by atoms with Gasteiger partial charge in [0.05, 0.1) is 0 Å². The second-order valence-corrected chi connectivity index (χ2v) is 7.32. The van der Waals surface area contributed by atoms with E-state index >= 15 is 0 Å². The topological polar surface area (TPSA) is 174 Å². The first kappa shape index (κ1) is 23.6. The molecule has 0 bridgehead atoms. The fourth-order valence-corrected chi connectivity index (χ4v) is 2.01. The average Bonchev–Trinajstić information content (AvgIpc) is 2.46. The first-order chi connectivity index (χ1) is 11.7. The molecular weight excluding hydrogens is 344 g/mol. The van der Waals surface area contributed by atoms with Crippen LogP contribution in [0.5, 0.6) is 0 Å². The molecule has 7 N–H and O–H groups in total. The molecule has 2 unspecified atom stereocenters. The number of ether oxygens (including phenoxy) is 1. The third-order valence-corrected chi connectivity index (χ3v) is 3.60. The van der Waals surface area contributed by atoms with Crippen molar-refractivity contribution < 1.29 is 29.0 Å². The van der Waals surface area contributed by atoms with E-state index in [1.54, 1.807) is 34.6 Å². The molecule has 0 radical (unpaired) electrons. The van der Waals surface area contributed by atoms with Gasteiger partial charge < -0.3 is 31.9 Å². The molecule has 0 saturated heterocycles. The molecule has 0 heterocycles. The minimum Gasteiger partial charge on any atom is -0.480 e. The second-order valence-electron chi connectivity index (χ2n) is 7.32. The van der Waals surface area contributed by atoms with Crippen LogP contribution >= 0.6 is 0 Å². The highest BCUT2D eigenvalue weighted by Crippen LogP contribution is 2.21. The van der Waals surface area contributed by atoms with E-state index in [9.17, 15) is 24.3 Å². The summed E-state index contributed by atoms with van der Waals surface area (Å²) in [5.74, 6) is -3.79. The van der Waals surface area contributed by atoms with Crippen LogP contribution in [0, 0.1) is 5.92 Å². The molecule has 26 heavy (non-hydrogen) atoms. The zero-order valence-corrected chi connectivity index (χ0v) is 15.9. The number of esters is 1. The number of primary amides is 1. The van der Waals surface area contributed by atoms with Crippen LogP contribution in [0.4, 0.5) is 4.79 Å². The molecule has 0 aliphatic rings. The van der Waals surface area contributed by atoms with Gasteiger partial charge in [-0.25, -0.2) is 14.4 Å². The summed E-state index contributed by atoms with van der Waals surface area (Å²) >= 11 is 0. The third kappa shape index (κ3) is 7.26. The SMILES string of the molecule is CC(C)C(N)(C(=O)NC(CCCNC(N)=O)C(=O)O)C(=O)OC(C)(C)C. The van der Waals surface area contributed by atoms with Gasteiger partial charge in [0.2, 0.25) is 0 Å². The molecular formula is C16H30N4O6. The zero-order valence-electron chi connectivity index (χ0n) is 15.9. The molecule has 150 valence electrons. The summed E-state index contributed by atoms with van der Waals surface area (Å²) in [7, 11) is 0. The molecule has 0 aromatic carbocycles. The van der Waals surface area contributed by atoms with Crippen LogP contribution in [-0.2, 0) is 19.1 Å². The van der Waals surface area contributed by atoms with Crippen molar-refractivity contribution in [1.82, 2.24) is 10.6 Å². The maximum atomic E-state index is 12.6. The van der Waals surface area contributed by atoms with Crippen molar-refractivity contribution in [3.05, 3.63) is 0 Å². The van der Waals surface area contributed by atoms with Gasteiger partial charge in [0.1, 0.15) is 11.6 Å². The van der Waals surface area contributed by atoms with E-state index in [1.165, 1.54) is 0 Å². The molecule has 0 aliphatic heterocycles. The number of carboxylic acids is 1. The van der Waals surface area contributed by atoms with Crippen molar-refractivity contribution in [3.63, 3.8) is 0 Å². The Morgan fingerprint density at radius 1 is 1.15 bits per heavy atom. The van der Waals surface area contributed by atoms with Gasteiger partial charge in [-0.3, -0.25) is 4.79 Å². The van der Waals surface area contributed by atoms with Crippen molar-refractivity contribution in [1.29, 1.82) is 0 Å². The Labute approximate surface area is 153 Å². The summed E-state index contributed by atoms with van der Waals surface area (Å²) in [5.41, 5.74) is 8.05. The highest BCUT2D eigenvalue weighted by atomic mass is 16.6. The van der Waals surface area contributed by atoms with Crippen molar-refractivity contribution in [3.8, 4) is 0 Å². The summed E-state index contributed by atoms with van der Waals surface area (Å²) < 4.78 is 5.22. The molecule has 10 heteroatoms. The van der Waals surface area contributed by atoms with Crippen LogP contribution in [0.2, 0.25) is 0 Å². The molecule has 0 aromatic rings. The Bertz CT molecular complexity index is 543. The quantitative estimate of drug-likeness (QED) is 0.209. The van der Waals surface area contributed by atoms with E-state index in [-0.39, 0.29) is 19.4 Å². The molecule has 0 fully saturated rings. The molecule has 0 saturated carbocycles. The van der Waals surface area contributed by atoms with Crippen molar-refractivity contribution in [2.45, 2.75) is 64.6 Å². The Morgan fingerprint density at radius 3 is 2.08 bits per heavy atom. The van der Waals surface area contributed by atoms with E-state index in [0.29, 0.717) is 0 Å². The lowest BCUT2D eigenvalue weighted by molar-refractivity contribution is -0.167. The van der Waals surface area contributed by atoms with Crippen LogP contribution in [0.1, 0.15) is 47.5 Å². The van der Waals surface area contributed by atoms with Gasteiger partial charge in [0, 0.05) is 6.54 Å². The zero-order chi connectivity index (χ0) is 20.7. The number of hydrogen-bond donors (Lipinski definition) is 5. The number of nitrogens with one attached hydrogen (secondary N) is 2. The maximum Gasteiger partial charge on any atom is 0.336 e. The minimum atomic E-state index is -2.04. The van der Waals surface area contributed by atoms with Gasteiger partial charge in [-0.05, 0) is 39.5 Å². The minimum absolute atomic E-state index is 0.0177. The predicted octanol–water partition coefficient (Wildman–Crippen LogP) is -0.300. The first-order valence-electron chi connectivity index (χ1n) is 8.31. The molecule has 0 rings (SSSR count). The fourth-order valence-electron chi connectivity index (χ4n) is 2.01. The monoisotopic (exact) mass is 374 g/mol. The lowest BCUT2D eigenvalue weighted by Gasteiger charge is -2.33. The predicted molar refractivity (Wildman–Crippen MR) is 94.0 cm³/mol. The van der Waals surface area contributed by atoms with Gasteiger partial charge in [0.15, 0.2) is 5.54 Å². The lowest BCUT2D eigenvalue weighted by Crippen LogP contribution is -2.66. The number of carboxylic acid groups (broad SMARTS) is 1. The number of nitrogens with two attached hydrogens (primary N) is 2. The van der Waals surface area contributed by atoms with Crippen molar-refractivity contribution in [2.24, 2.45) is 17.4 Å². The Hall–Kier alpha value is -2.36. The second kappa shape index (κ2) is 9.37. The summed E-state index contributed by atoms with van der Waals surface area (Å²) in [6.45, 7) is 8.19. The molecule has 0 aliphatic carbocycles. The molecule has 3 amide bonds. The maximum absolute atomic E-state index is 12.6. The number of rotatable bonds is 9. The van der Waals surface area contributed by atoms with Gasteiger partial charge >= 0.3 is 18.0 Å². The summed E-state index contributed by atoms with van der Waals surface area (Å²) in [6.07, 6.45) is 0.274. The number of carbonyl (C=O) groups is 4. The lowest BCUT2D eigenvalue weighted by atomic mass is 9.85. The molecule has 10 nitrogen and oxygen atoms in total. The largest absolute Gasteiger partial charge is 0.480 e.